The minimum Gasteiger partial charge on any atom is -0.457 e. The van der Waals surface area contributed by atoms with Gasteiger partial charge in [-0.05, 0) is 25.1 Å². The van der Waals surface area contributed by atoms with Crippen molar-refractivity contribution in [3.8, 4) is 11.5 Å². The lowest BCUT2D eigenvalue weighted by Gasteiger charge is -2.21. The van der Waals surface area contributed by atoms with Gasteiger partial charge in [-0.3, -0.25) is 14.9 Å². The maximum Gasteiger partial charge on any atom is 0.270 e. The first kappa shape index (κ1) is 17.4. The topological polar surface area (TPSA) is 92.9 Å². The van der Waals surface area contributed by atoms with Gasteiger partial charge in [0, 0.05) is 25.2 Å². The summed E-state index contributed by atoms with van der Waals surface area (Å²) in [6.07, 6.45) is 0. The lowest BCUT2D eigenvalue weighted by atomic mass is 10.1. The number of amides is 1. The summed E-state index contributed by atoms with van der Waals surface area (Å²) in [5, 5.41) is 20.1. The van der Waals surface area contributed by atoms with E-state index in [9.17, 15) is 14.9 Å². The average Bonchev–Trinajstić information content (AvgIpc) is 2.60. The van der Waals surface area contributed by atoms with E-state index in [4.69, 9.17) is 9.84 Å². The van der Waals surface area contributed by atoms with Crippen LogP contribution in [0.3, 0.4) is 0 Å². The molecule has 0 unspecified atom stereocenters. The molecule has 0 saturated heterocycles. The molecular weight excluding hydrogens is 312 g/mol. The SMILES string of the molecule is CCN(CCO)C(=O)c1cc([N+](=O)[O-])ccc1Oc1ccccc1. The Kier molecular flexibility index (Phi) is 5.86. The van der Waals surface area contributed by atoms with Gasteiger partial charge in [-0.25, -0.2) is 0 Å². The molecule has 1 N–H and O–H groups in total. The lowest BCUT2D eigenvalue weighted by molar-refractivity contribution is -0.384. The van der Waals surface area contributed by atoms with Crippen molar-refractivity contribution in [1.29, 1.82) is 0 Å². The summed E-state index contributed by atoms with van der Waals surface area (Å²) >= 11 is 0. The number of nitrogens with zero attached hydrogens (tertiary/aromatic N) is 2. The molecule has 0 saturated carbocycles. The highest BCUT2D eigenvalue weighted by Gasteiger charge is 2.22. The largest absolute Gasteiger partial charge is 0.457 e. The molecule has 0 aliphatic rings. The number of hydrogen-bond donors (Lipinski definition) is 1. The summed E-state index contributed by atoms with van der Waals surface area (Å²) < 4.78 is 5.71. The second-order valence-corrected chi connectivity index (χ2v) is 4.96. The molecule has 7 heteroatoms. The fourth-order valence-electron chi connectivity index (χ4n) is 2.20. The third-order valence-electron chi connectivity index (χ3n) is 3.41. The Bertz CT molecular complexity index is 718. The highest BCUT2D eigenvalue weighted by atomic mass is 16.6. The maximum atomic E-state index is 12.7. The number of para-hydroxylation sites is 1. The standard InChI is InChI=1S/C17H18N2O5/c1-2-18(10-11-20)17(21)15-12-13(19(22)23)8-9-16(15)24-14-6-4-3-5-7-14/h3-9,12,20H,2,10-11H2,1H3. The van der Waals surface area contributed by atoms with Crippen molar-refractivity contribution in [2.45, 2.75) is 6.92 Å². The summed E-state index contributed by atoms with van der Waals surface area (Å²) in [4.78, 5) is 24.5. The minimum atomic E-state index is -0.564. The maximum absolute atomic E-state index is 12.7. The molecule has 0 heterocycles. The van der Waals surface area contributed by atoms with Crippen LogP contribution >= 0.6 is 0 Å². The van der Waals surface area contributed by atoms with Gasteiger partial charge in [-0.15, -0.1) is 0 Å². The Labute approximate surface area is 139 Å². The van der Waals surface area contributed by atoms with Gasteiger partial charge < -0.3 is 14.7 Å². The van der Waals surface area contributed by atoms with E-state index >= 15 is 0 Å². The molecule has 0 aromatic heterocycles. The number of non-ortho nitro benzene ring substituents is 1. The molecule has 1 amide bonds. The smallest absolute Gasteiger partial charge is 0.270 e. The second-order valence-electron chi connectivity index (χ2n) is 4.96. The van der Waals surface area contributed by atoms with Crippen molar-refractivity contribution in [3.05, 3.63) is 64.2 Å². The number of nitro groups is 1. The minimum absolute atomic E-state index is 0.0864. The molecule has 0 bridgehead atoms. The van der Waals surface area contributed by atoms with E-state index < -0.39 is 10.8 Å². The van der Waals surface area contributed by atoms with Crippen molar-refractivity contribution in [2.75, 3.05) is 19.7 Å². The predicted octanol–water partition coefficient (Wildman–Crippen LogP) is 2.84. The normalized spacial score (nSPS) is 10.2. The molecule has 126 valence electrons. The fourth-order valence-corrected chi connectivity index (χ4v) is 2.20. The Balaban J connectivity index is 2.42. The van der Waals surface area contributed by atoms with Crippen molar-refractivity contribution in [2.24, 2.45) is 0 Å². The molecule has 0 atom stereocenters. The van der Waals surface area contributed by atoms with Crippen LogP contribution in [0.15, 0.2) is 48.5 Å². The van der Waals surface area contributed by atoms with Crippen molar-refractivity contribution < 1.29 is 19.6 Å². The van der Waals surface area contributed by atoms with Crippen molar-refractivity contribution in [3.63, 3.8) is 0 Å². The predicted molar refractivity (Wildman–Crippen MR) is 88.3 cm³/mol. The lowest BCUT2D eigenvalue weighted by Crippen LogP contribution is -2.33. The number of aliphatic hydroxyl groups excluding tert-OH is 1. The number of rotatable bonds is 7. The van der Waals surface area contributed by atoms with E-state index in [1.54, 1.807) is 31.2 Å². The summed E-state index contributed by atoms with van der Waals surface area (Å²) in [7, 11) is 0. The van der Waals surface area contributed by atoms with Crippen LogP contribution in [0.1, 0.15) is 17.3 Å². The van der Waals surface area contributed by atoms with Crippen molar-refractivity contribution in [1.82, 2.24) is 4.90 Å². The average molecular weight is 330 g/mol. The van der Waals surface area contributed by atoms with Crippen LogP contribution in [-0.2, 0) is 0 Å². The molecule has 0 fully saturated rings. The Morgan fingerprint density at radius 1 is 1.25 bits per heavy atom. The van der Waals surface area contributed by atoms with Gasteiger partial charge in [-0.1, -0.05) is 18.2 Å². The van der Waals surface area contributed by atoms with E-state index in [1.165, 1.54) is 23.1 Å². The van der Waals surface area contributed by atoms with Gasteiger partial charge >= 0.3 is 0 Å². The Morgan fingerprint density at radius 3 is 2.54 bits per heavy atom. The molecule has 0 radical (unpaired) electrons. The Morgan fingerprint density at radius 2 is 1.96 bits per heavy atom. The molecular formula is C17H18N2O5. The van der Waals surface area contributed by atoms with Gasteiger partial charge in [0.25, 0.3) is 11.6 Å². The van der Waals surface area contributed by atoms with E-state index in [-0.39, 0.29) is 30.2 Å². The number of hydrogen-bond acceptors (Lipinski definition) is 5. The number of aliphatic hydroxyl groups is 1. The highest BCUT2D eigenvalue weighted by Crippen LogP contribution is 2.29. The van der Waals surface area contributed by atoms with Gasteiger partial charge in [0.1, 0.15) is 11.5 Å². The molecule has 0 aliphatic heterocycles. The molecule has 7 nitrogen and oxygen atoms in total. The van der Waals surface area contributed by atoms with Crippen LogP contribution in [0.4, 0.5) is 5.69 Å². The molecule has 0 aliphatic carbocycles. The number of ether oxygens (including phenoxy) is 1. The van der Waals surface area contributed by atoms with Crippen LogP contribution in [0.25, 0.3) is 0 Å². The van der Waals surface area contributed by atoms with Gasteiger partial charge in [0.05, 0.1) is 17.1 Å². The van der Waals surface area contributed by atoms with Gasteiger partial charge in [-0.2, -0.15) is 0 Å². The first-order valence-corrected chi connectivity index (χ1v) is 7.48. The number of carbonyl (C=O) groups excluding carboxylic acids is 1. The third kappa shape index (κ3) is 4.08. The quantitative estimate of drug-likeness (QED) is 0.622. The fraction of sp³-hybridized carbons (Fsp3) is 0.235. The van der Waals surface area contributed by atoms with Crippen LogP contribution in [0.5, 0.6) is 11.5 Å². The first-order valence-electron chi connectivity index (χ1n) is 7.48. The molecule has 2 rings (SSSR count). The van der Waals surface area contributed by atoms with E-state index in [1.807, 2.05) is 6.07 Å². The van der Waals surface area contributed by atoms with E-state index in [0.717, 1.165) is 0 Å². The summed E-state index contributed by atoms with van der Waals surface area (Å²) in [6.45, 7) is 2.09. The zero-order valence-corrected chi connectivity index (χ0v) is 13.2. The molecule has 2 aromatic rings. The van der Waals surface area contributed by atoms with Crippen molar-refractivity contribution >= 4 is 11.6 Å². The van der Waals surface area contributed by atoms with Crippen LogP contribution in [0.2, 0.25) is 0 Å². The van der Waals surface area contributed by atoms with Crippen LogP contribution < -0.4 is 4.74 Å². The van der Waals surface area contributed by atoms with Gasteiger partial charge in [0.15, 0.2) is 0 Å². The summed E-state index contributed by atoms with van der Waals surface area (Å²) in [5.74, 6) is 0.319. The molecule has 2 aromatic carbocycles. The zero-order chi connectivity index (χ0) is 17.5. The van der Waals surface area contributed by atoms with Gasteiger partial charge in [0.2, 0.25) is 0 Å². The molecule has 0 spiro atoms. The number of benzene rings is 2. The van der Waals surface area contributed by atoms with Crippen LogP contribution in [-0.4, -0.2) is 40.5 Å². The third-order valence-corrected chi connectivity index (χ3v) is 3.41. The highest BCUT2D eigenvalue weighted by molar-refractivity contribution is 5.97. The number of carbonyl (C=O) groups is 1. The van der Waals surface area contributed by atoms with E-state index in [0.29, 0.717) is 12.3 Å². The monoisotopic (exact) mass is 330 g/mol. The Hall–Kier alpha value is -2.93. The summed E-state index contributed by atoms with van der Waals surface area (Å²) in [5.41, 5.74) is -0.109. The number of nitro benzene ring substituents is 1. The van der Waals surface area contributed by atoms with E-state index in [2.05, 4.69) is 0 Å². The zero-order valence-electron chi connectivity index (χ0n) is 13.2. The molecule has 24 heavy (non-hydrogen) atoms. The number of likely N-dealkylation sites (N-methyl/N-ethyl adjacent to an activating group) is 1. The first-order chi connectivity index (χ1) is 11.6. The summed E-state index contributed by atoms with van der Waals surface area (Å²) in [6, 6.07) is 12.7. The van der Waals surface area contributed by atoms with Crippen LogP contribution in [0, 0.1) is 10.1 Å². The second kappa shape index (κ2) is 8.07.